The molecule has 1 atom stereocenters. The van der Waals surface area contributed by atoms with Gasteiger partial charge in [-0.3, -0.25) is 0 Å². The SMILES string of the molecule is CC(c1cccs1)N(C)c1ncc(/C=C/C(=O)O)cn1. The van der Waals surface area contributed by atoms with Gasteiger partial charge in [0, 0.05) is 36.0 Å². The number of thiophene rings is 1. The van der Waals surface area contributed by atoms with Crippen LogP contribution in [-0.2, 0) is 4.79 Å². The largest absolute Gasteiger partial charge is 0.478 e. The van der Waals surface area contributed by atoms with E-state index in [9.17, 15) is 4.79 Å². The molecule has 0 bridgehead atoms. The molecule has 0 saturated heterocycles. The number of carboxylic acid groups (broad SMARTS) is 1. The number of rotatable bonds is 5. The summed E-state index contributed by atoms with van der Waals surface area (Å²) in [4.78, 5) is 22.2. The van der Waals surface area contributed by atoms with Gasteiger partial charge in [0.2, 0.25) is 5.95 Å². The molecule has 2 aromatic heterocycles. The molecule has 1 N–H and O–H groups in total. The maximum atomic E-state index is 10.4. The molecule has 0 radical (unpaired) electrons. The number of hydrogen-bond donors (Lipinski definition) is 1. The van der Waals surface area contributed by atoms with Gasteiger partial charge < -0.3 is 10.0 Å². The fraction of sp³-hybridized carbons (Fsp3) is 0.214. The highest BCUT2D eigenvalue weighted by Gasteiger charge is 2.14. The third-order valence-electron chi connectivity index (χ3n) is 2.93. The van der Waals surface area contributed by atoms with E-state index in [1.165, 1.54) is 11.0 Å². The van der Waals surface area contributed by atoms with E-state index in [0.717, 1.165) is 6.08 Å². The number of anilines is 1. The summed E-state index contributed by atoms with van der Waals surface area (Å²) in [7, 11) is 1.94. The van der Waals surface area contributed by atoms with Crippen molar-refractivity contribution >= 4 is 29.3 Å². The lowest BCUT2D eigenvalue weighted by atomic mass is 10.2. The predicted molar refractivity (Wildman–Crippen MR) is 79.8 cm³/mol. The molecular formula is C14H15N3O2S. The number of nitrogens with zero attached hydrogens (tertiary/aromatic N) is 3. The summed E-state index contributed by atoms with van der Waals surface area (Å²) in [5, 5.41) is 10.6. The summed E-state index contributed by atoms with van der Waals surface area (Å²) in [5.41, 5.74) is 0.660. The van der Waals surface area contributed by atoms with Crippen LogP contribution in [0.5, 0.6) is 0 Å². The normalized spacial score (nSPS) is 12.5. The van der Waals surface area contributed by atoms with Crippen LogP contribution in [0.15, 0.2) is 36.0 Å². The summed E-state index contributed by atoms with van der Waals surface area (Å²) in [6, 6.07) is 4.29. The minimum absolute atomic E-state index is 0.190. The standard InChI is InChI=1S/C14H15N3O2S/c1-10(12-4-3-7-20-12)17(2)14-15-8-11(9-16-14)5-6-13(18)19/h3-10H,1-2H3,(H,18,19)/b6-5+. The number of hydrogen-bond acceptors (Lipinski definition) is 5. The number of aliphatic carboxylic acids is 1. The second-order valence-electron chi connectivity index (χ2n) is 4.29. The highest BCUT2D eigenvalue weighted by Crippen LogP contribution is 2.25. The minimum atomic E-state index is -0.988. The Kier molecular flexibility index (Phi) is 4.47. The summed E-state index contributed by atoms with van der Waals surface area (Å²) in [5.74, 6) is -0.379. The first-order valence-corrected chi connectivity index (χ1v) is 6.95. The van der Waals surface area contributed by atoms with E-state index in [1.54, 1.807) is 23.7 Å². The summed E-state index contributed by atoms with van der Waals surface area (Å²) < 4.78 is 0. The molecule has 104 valence electrons. The van der Waals surface area contributed by atoms with Crippen molar-refractivity contribution in [2.45, 2.75) is 13.0 Å². The monoisotopic (exact) mass is 289 g/mol. The number of aromatic nitrogens is 2. The van der Waals surface area contributed by atoms with Gasteiger partial charge in [-0.2, -0.15) is 0 Å². The third kappa shape index (κ3) is 3.42. The van der Waals surface area contributed by atoms with Crippen LogP contribution in [0.2, 0.25) is 0 Å². The van der Waals surface area contributed by atoms with Crippen LogP contribution in [-0.4, -0.2) is 28.1 Å². The molecule has 0 fully saturated rings. The Morgan fingerprint density at radius 1 is 1.45 bits per heavy atom. The minimum Gasteiger partial charge on any atom is -0.478 e. The molecule has 0 aliphatic rings. The zero-order chi connectivity index (χ0) is 14.5. The molecule has 2 aromatic rings. The van der Waals surface area contributed by atoms with E-state index >= 15 is 0 Å². The molecule has 0 aliphatic heterocycles. The zero-order valence-electron chi connectivity index (χ0n) is 11.2. The van der Waals surface area contributed by atoms with E-state index in [2.05, 4.69) is 23.0 Å². The first kappa shape index (κ1) is 14.2. The van der Waals surface area contributed by atoms with Gasteiger partial charge in [0.15, 0.2) is 0 Å². The maximum Gasteiger partial charge on any atom is 0.328 e. The van der Waals surface area contributed by atoms with Crippen molar-refractivity contribution in [2.24, 2.45) is 0 Å². The van der Waals surface area contributed by atoms with Gasteiger partial charge in [-0.15, -0.1) is 11.3 Å². The van der Waals surface area contributed by atoms with Crippen LogP contribution in [0.3, 0.4) is 0 Å². The van der Waals surface area contributed by atoms with Crippen molar-refractivity contribution in [3.63, 3.8) is 0 Å². The Morgan fingerprint density at radius 2 is 2.15 bits per heavy atom. The molecule has 1 unspecified atom stereocenters. The Labute approximate surface area is 121 Å². The zero-order valence-corrected chi connectivity index (χ0v) is 12.0. The lowest BCUT2D eigenvalue weighted by Gasteiger charge is -2.23. The van der Waals surface area contributed by atoms with Crippen molar-refractivity contribution in [3.8, 4) is 0 Å². The molecule has 2 rings (SSSR count). The Morgan fingerprint density at radius 3 is 2.70 bits per heavy atom. The summed E-state index contributed by atoms with van der Waals surface area (Å²) >= 11 is 1.69. The molecule has 0 aliphatic carbocycles. The van der Waals surface area contributed by atoms with Crippen molar-refractivity contribution < 1.29 is 9.90 Å². The summed E-state index contributed by atoms with van der Waals surface area (Å²) in [6.45, 7) is 2.09. The molecule has 0 amide bonds. The van der Waals surface area contributed by atoms with E-state index in [0.29, 0.717) is 11.5 Å². The Hall–Kier alpha value is -2.21. The fourth-order valence-electron chi connectivity index (χ4n) is 1.66. The van der Waals surface area contributed by atoms with Crippen LogP contribution in [0.25, 0.3) is 6.08 Å². The van der Waals surface area contributed by atoms with E-state index in [-0.39, 0.29) is 6.04 Å². The fourth-order valence-corrected chi connectivity index (χ4v) is 2.49. The topological polar surface area (TPSA) is 66.3 Å². The van der Waals surface area contributed by atoms with Crippen molar-refractivity contribution in [3.05, 3.63) is 46.4 Å². The number of carbonyl (C=O) groups is 1. The van der Waals surface area contributed by atoms with E-state index in [4.69, 9.17) is 5.11 Å². The van der Waals surface area contributed by atoms with Crippen LogP contribution in [0.1, 0.15) is 23.4 Å². The van der Waals surface area contributed by atoms with Gasteiger partial charge in [0.1, 0.15) is 0 Å². The Balaban J connectivity index is 2.11. The van der Waals surface area contributed by atoms with Crippen LogP contribution in [0.4, 0.5) is 5.95 Å². The molecular weight excluding hydrogens is 274 g/mol. The van der Waals surface area contributed by atoms with Crippen LogP contribution < -0.4 is 4.90 Å². The van der Waals surface area contributed by atoms with Crippen molar-refractivity contribution in [1.29, 1.82) is 0 Å². The first-order chi connectivity index (χ1) is 9.58. The molecule has 0 aromatic carbocycles. The van der Waals surface area contributed by atoms with E-state index < -0.39 is 5.97 Å². The van der Waals surface area contributed by atoms with Crippen LogP contribution in [0, 0.1) is 0 Å². The quantitative estimate of drug-likeness (QED) is 0.857. The molecule has 20 heavy (non-hydrogen) atoms. The smallest absolute Gasteiger partial charge is 0.328 e. The van der Waals surface area contributed by atoms with E-state index in [1.807, 2.05) is 23.4 Å². The third-order valence-corrected chi connectivity index (χ3v) is 3.97. The second-order valence-corrected chi connectivity index (χ2v) is 5.27. The first-order valence-electron chi connectivity index (χ1n) is 6.07. The molecule has 6 heteroatoms. The van der Waals surface area contributed by atoms with Gasteiger partial charge in [0.05, 0.1) is 6.04 Å². The maximum absolute atomic E-state index is 10.4. The van der Waals surface area contributed by atoms with Crippen molar-refractivity contribution in [2.75, 3.05) is 11.9 Å². The number of carboxylic acids is 1. The van der Waals surface area contributed by atoms with Gasteiger partial charge in [-0.05, 0) is 24.4 Å². The molecule has 0 saturated carbocycles. The highest BCUT2D eigenvalue weighted by molar-refractivity contribution is 7.10. The van der Waals surface area contributed by atoms with Gasteiger partial charge in [-0.25, -0.2) is 14.8 Å². The second kappa shape index (κ2) is 6.29. The predicted octanol–water partition coefficient (Wildman–Crippen LogP) is 2.83. The van der Waals surface area contributed by atoms with Gasteiger partial charge >= 0.3 is 5.97 Å². The molecule has 5 nitrogen and oxygen atoms in total. The lowest BCUT2D eigenvalue weighted by Crippen LogP contribution is -2.22. The highest BCUT2D eigenvalue weighted by atomic mass is 32.1. The average Bonchev–Trinajstić information content (AvgIpc) is 2.98. The molecule has 2 heterocycles. The van der Waals surface area contributed by atoms with Crippen molar-refractivity contribution in [1.82, 2.24) is 9.97 Å². The Bertz CT molecular complexity index is 593. The average molecular weight is 289 g/mol. The van der Waals surface area contributed by atoms with Crippen LogP contribution >= 0.6 is 11.3 Å². The van der Waals surface area contributed by atoms with Gasteiger partial charge in [-0.1, -0.05) is 6.07 Å². The lowest BCUT2D eigenvalue weighted by molar-refractivity contribution is -0.131. The molecule has 0 spiro atoms. The summed E-state index contributed by atoms with van der Waals surface area (Å²) in [6.07, 6.45) is 5.75. The van der Waals surface area contributed by atoms with Gasteiger partial charge in [0.25, 0.3) is 0 Å².